The van der Waals surface area contributed by atoms with E-state index < -0.39 is 6.04 Å². The highest BCUT2D eigenvalue weighted by atomic mass is 35.5. The van der Waals surface area contributed by atoms with Crippen LogP contribution in [-0.4, -0.2) is 29.9 Å². The molecule has 1 aliphatic heterocycles. The van der Waals surface area contributed by atoms with Crippen LogP contribution >= 0.6 is 12.4 Å². The molecular weight excluding hydrogens is 248 g/mol. The van der Waals surface area contributed by atoms with Crippen LogP contribution in [0.25, 0.3) is 0 Å². The number of piperidine rings is 1. The van der Waals surface area contributed by atoms with Crippen LogP contribution in [0.1, 0.15) is 24.8 Å². The number of rotatable bonds is 3. The summed E-state index contributed by atoms with van der Waals surface area (Å²) in [6, 6.07) is 9.57. The molecule has 1 unspecified atom stereocenters. The summed E-state index contributed by atoms with van der Waals surface area (Å²) in [7, 11) is 0. The highest BCUT2D eigenvalue weighted by molar-refractivity contribution is 5.85. The van der Waals surface area contributed by atoms with Crippen LogP contribution in [0.2, 0.25) is 0 Å². The molecule has 1 aliphatic rings. The lowest BCUT2D eigenvalue weighted by Gasteiger charge is -2.29. The van der Waals surface area contributed by atoms with Gasteiger partial charge in [-0.1, -0.05) is 30.3 Å². The summed E-state index contributed by atoms with van der Waals surface area (Å²) >= 11 is 0. The number of hydrogen-bond acceptors (Lipinski definition) is 2. The van der Waals surface area contributed by atoms with Gasteiger partial charge >= 0.3 is 0 Å². The van der Waals surface area contributed by atoms with Crippen molar-refractivity contribution in [2.45, 2.75) is 31.7 Å². The molecule has 1 amide bonds. The smallest absolute Gasteiger partial charge is 0.239 e. The second-order valence-electron chi connectivity index (χ2n) is 4.68. The van der Waals surface area contributed by atoms with E-state index in [1.807, 2.05) is 35.2 Å². The summed E-state index contributed by atoms with van der Waals surface area (Å²) in [4.78, 5) is 14.0. The Morgan fingerprint density at radius 2 is 1.78 bits per heavy atom. The largest absolute Gasteiger partial charge is 0.341 e. The molecule has 0 bridgehead atoms. The lowest BCUT2D eigenvalue weighted by Crippen LogP contribution is -2.46. The summed E-state index contributed by atoms with van der Waals surface area (Å²) < 4.78 is 0. The van der Waals surface area contributed by atoms with E-state index in [0.717, 1.165) is 31.5 Å². The average Bonchev–Trinajstić information content (AvgIpc) is 2.40. The molecule has 1 aromatic carbocycles. The van der Waals surface area contributed by atoms with Gasteiger partial charge in [0.15, 0.2) is 0 Å². The molecule has 1 heterocycles. The predicted octanol–water partition coefficient (Wildman–Crippen LogP) is 1.99. The van der Waals surface area contributed by atoms with Crippen molar-refractivity contribution in [1.29, 1.82) is 0 Å². The SMILES string of the molecule is Cl.NC(Cc1ccccc1)C(=O)N1CCCCC1. The van der Waals surface area contributed by atoms with Gasteiger partial charge in [-0.25, -0.2) is 0 Å². The molecule has 18 heavy (non-hydrogen) atoms. The Hall–Kier alpha value is -1.06. The number of halogens is 1. The first kappa shape index (κ1) is 15.0. The van der Waals surface area contributed by atoms with Gasteiger partial charge in [0, 0.05) is 13.1 Å². The van der Waals surface area contributed by atoms with Crippen molar-refractivity contribution >= 4 is 18.3 Å². The molecule has 3 nitrogen and oxygen atoms in total. The van der Waals surface area contributed by atoms with Gasteiger partial charge < -0.3 is 10.6 Å². The molecule has 2 rings (SSSR count). The van der Waals surface area contributed by atoms with Gasteiger partial charge in [0.1, 0.15) is 0 Å². The monoisotopic (exact) mass is 268 g/mol. The standard InChI is InChI=1S/C14H20N2O.ClH/c15-13(11-12-7-3-1-4-8-12)14(17)16-9-5-2-6-10-16;/h1,3-4,7-8,13H,2,5-6,9-11,15H2;1H. The minimum absolute atomic E-state index is 0. The lowest BCUT2D eigenvalue weighted by atomic mass is 10.0. The van der Waals surface area contributed by atoms with E-state index in [1.165, 1.54) is 6.42 Å². The first-order valence-electron chi connectivity index (χ1n) is 6.35. The lowest BCUT2D eigenvalue weighted by molar-refractivity contribution is -0.133. The summed E-state index contributed by atoms with van der Waals surface area (Å²) in [6.07, 6.45) is 4.10. The Morgan fingerprint density at radius 3 is 2.39 bits per heavy atom. The number of carbonyl (C=O) groups is 1. The van der Waals surface area contributed by atoms with Crippen molar-refractivity contribution in [3.8, 4) is 0 Å². The second-order valence-corrected chi connectivity index (χ2v) is 4.68. The van der Waals surface area contributed by atoms with Crippen molar-refractivity contribution in [2.75, 3.05) is 13.1 Å². The number of likely N-dealkylation sites (tertiary alicyclic amines) is 1. The molecule has 100 valence electrons. The minimum Gasteiger partial charge on any atom is -0.341 e. The molecule has 4 heteroatoms. The van der Waals surface area contributed by atoms with Crippen LogP contribution in [-0.2, 0) is 11.2 Å². The van der Waals surface area contributed by atoms with Crippen molar-refractivity contribution in [1.82, 2.24) is 4.90 Å². The zero-order valence-corrected chi connectivity index (χ0v) is 11.4. The fraction of sp³-hybridized carbons (Fsp3) is 0.500. The molecule has 0 aliphatic carbocycles. The van der Waals surface area contributed by atoms with E-state index in [-0.39, 0.29) is 18.3 Å². The first-order valence-corrected chi connectivity index (χ1v) is 6.35. The maximum atomic E-state index is 12.1. The van der Waals surface area contributed by atoms with E-state index in [4.69, 9.17) is 5.73 Å². The number of benzene rings is 1. The quantitative estimate of drug-likeness (QED) is 0.911. The summed E-state index contributed by atoms with van der Waals surface area (Å²) in [5.41, 5.74) is 7.12. The van der Waals surface area contributed by atoms with Crippen LogP contribution in [0.4, 0.5) is 0 Å². The minimum atomic E-state index is -0.393. The predicted molar refractivity (Wildman–Crippen MR) is 75.8 cm³/mol. The van der Waals surface area contributed by atoms with E-state index in [1.54, 1.807) is 0 Å². The van der Waals surface area contributed by atoms with Crippen LogP contribution in [0.15, 0.2) is 30.3 Å². The van der Waals surface area contributed by atoms with E-state index >= 15 is 0 Å². The molecule has 1 fully saturated rings. The van der Waals surface area contributed by atoms with Crippen molar-refractivity contribution in [2.24, 2.45) is 5.73 Å². The third-order valence-corrected chi connectivity index (χ3v) is 3.28. The van der Waals surface area contributed by atoms with Gasteiger partial charge in [0.05, 0.1) is 6.04 Å². The molecule has 0 radical (unpaired) electrons. The highest BCUT2D eigenvalue weighted by Crippen LogP contribution is 2.11. The Kier molecular flexibility index (Phi) is 6.16. The molecule has 0 saturated carbocycles. The summed E-state index contributed by atoms with van der Waals surface area (Å²) in [5.74, 6) is 0.105. The van der Waals surface area contributed by atoms with Crippen LogP contribution < -0.4 is 5.73 Å². The van der Waals surface area contributed by atoms with Crippen LogP contribution in [0.3, 0.4) is 0 Å². The van der Waals surface area contributed by atoms with Crippen molar-refractivity contribution in [3.05, 3.63) is 35.9 Å². The molecule has 1 aromatic rings. The van der Waals surface area contributed by atoms with Gasteiger partial charge in [0.2, 0.25) is 5.91 Å². The average molecular weight is 269 g/mol. The maximum Gasteiger partial charge on any atom is 0.239 e. The van der Waals surface area contributed by atoms with E-state index in [0.29, 0.717) is 6.42 Å². The second kappa shape index (κ2) is 7.39. The van der Waals surface area contributed by atoms with E-state index in [9.17, 15) is 4.79 Å². The Labute approximate surface area is 115 Å². The topological polar surface area (TPSA) is 46.3 Å². The van der Waals surface area contributed by atoms with Crippen molar-refractivity contribution in [3.63, 3.8) is 0 Å². The van der Waals surface area contributed by atoms with Crippen LogP contribution in [0, 0.1) is 0 Å². The number of nitrogens with two attached hydrogens (primary N) is 1. The zero-order valence-electron chi connectivity index (χ0n) is 10.5. The number of hydrogen-bond donors (Lipinski definition) is 1. The van der Waals surface area contributed by atoms with E-state index in [2.05, 4.69) is 0 Å². The first-order chi connectivity index (χ1) is 8.27. The molecule has 0 spiro atoms. The van der Waals surface area contributed by atoms with Crippen molar-refractivity contribution < 1.29 is 4.79 Å². The molecule has 1 atom stereocenters. The molecule has 2 N–H and O–H groups in total. The fourth-order valence-corrected chi connectivity index (χ4v) is 2.30. The van der Waals surface area contributed by atoms with Gasteiger partial charge in [-0.15, -0.1) is 12.4 Å². The Bertz CT molecular complexity index is 363. The molecule has 1 saturated heterocycles. The van der Waals surface area contributed by atoms with Gasteiger partial charge in [-0.2, -0.15) is 0 Å². The highest BCUT2D eigenvalue weighted by Gasteiger charge is 2.22. The normalized spacial score (nSPS) is 16.8. The number of carbonyl (C=O) groups excluding carboxylic acids is 1. The maximum absolute atomic E-state index is 12.1. The van der Waals surface area contributed by atoms with Crippen LogP contribution in [0.5, 0.6) is 0 Å². The number of amides is 1. The van der Waals surface area contributed by atoms with Gasteiger partial charge in [-0.05, 0) is 31.2 Å². The fourth-order valence-electron chi connectivity index (χ4n) is 2.30. The third-order valence-electron chi connectivity index (χ3n) is 3.28. The Balaban J connectivity index is 0.00000162. The summed E-state index contributed by atoms with van der Waals surface area (Å²) in [6.45, 7) is 1.75. The van der Waals surface area contributed by atoms with Gasteiger partial charge in [0.25, 0.3) is 0 Å². The molecular formula is C14H21ClN2O. The third kappa shape index (κ3) is 4.00. The zero-order chi connectivity index (χ0) is 12.1. The van der Waals surface area contributed by atoms with Gasteiger partial charge in [-0.3, -0.25) is 4.79 Å². The Morgan fingerprint density at radius 1 is 1.17 bits per heavy atom. The summed E-state index contributed by atoms with van der Waals surface area (Å²) in [5, 5.41) is 0. The number of nitrogens with zero attached hydrogens (tertiary/aromatic N) is 1. The molecule has 0 aromatic heterocycles.